The van der Waals surface area contributed by atoms with Crippen molar-refractivity contribution in [3.8, 4) is 16.9 Å². The first-order chi connectivity index (χ1) is 9.92. The van der Waals surface area contributed by atoms with Gasteiger partial charge in [0.05, 0.1) is 6.61 Å². The van der Waals surface area contributed by atoms with Crippen molar-refractivity contribution in [1.29, 1.82) is 0 Å². The van der Waals surface area contributed by atoms with E-state index in [9.17, 15) is 0 Å². The zero-order valence-corrected chi connectivity index (χ0v) is 11.9. The highest BCUT2D eigenvalue weighted by Gasteiger charge is 2.13. The summed E-state index contributed by atoms with van der Waals surface area (Å²) in [6.45, 7) is 0.880. The Labute approximate surface area is 121 Å². The van der Waals surface area contributed by atoms with Crippen molar-refractivity contribution in [2.24, 2.45) is 5.92 Å². The highest BCUT2D eigenvalue weighted by Crippen LogP contribution is 2.26. The standard InChI is InChI=1S/C19H22O/c1-3-7-16(8-4-1)15-20-19-13-11-18(12-14-19)17-9-5-2-6-10-17/h2,5-6,9-14,16H,1,3-4,7-8,15H2. The van der Waals surface area contributed by atoms with Crippen molar-refractivity contribution in [2.45, 2.75) is 32.1 Å². The minimum absolute atomic E-state index is 0.762. The lowest BCUT2D eigenvalue weighted by molar-refractivity contribution is 0.209. The summed E-state index contributed by atoms with van der Waals surface area (Å²) >= 11 is 0. The van der Waals surface area contributed by atoms with Crippen LogP contribution in [0.5, 0.6) is 5.75 Å². The van der Waals surface area contributed by atoms with E-state index in [0.717, 1.165) is 18.3 Å². The number of hydrogen-bond donors (Lipinski definition) is 0. The van der Waals surface area contributed by atoms with Crippen LogP contribution in [0, 0.1) is 5.92 Å². The SMILES string of the molecule is c1ccc(-c2ccc(OCC3CCCCC3)cc2)cc1. The third-order valence-electron chi connectivity index (χ3n) is 4.17. The largest absolute Gasteiger partial charge is 0.493 e. The minimum atomic E-state index is 0.762. The Bertz CT molecular complexity index is 509. The van der Waals surface area contributed by atoms with E-state index >= 15 is 0 Å². The number of rotatable bonds is 4. The van der Waals surface area contributed by atoms with Crippen molar-refractivity contribution in [2.75, 3.05) is 6.61 Å². The van der Waals surface area contributed by atoms with E-state index in [2.05, 4.69) is 48.5 Å². The van der Waals surface area contributed by atoms with Gasteiger partial charge in [-0.05, 0) is 42.0 Å². The van der Waals surface area contributed by atoms with Crippen molar-refractivity contribution in [3.05, 3.63) is 54.6 Å². The maximum absolute atomic E-state index is 5.94. The third-order valence-corrected chi connectivity index (χ3v) is 4.17. The molecular formula is C19H22O. The summed E-state index contributed by atoms with van der Waals surface area (Å²) < 4.78 is 5.94. The molecule has 3 rings (SSSR count). The highest BCUT2D eigenvalue weighted by molar-refractivity contribution is 5.63. The summed E-state index contributed by atoms with van der Waals surface area (Å²) in [7, 11) is 0. The van der Waals surface area contributed by atoms with Crippen molar-refractivity contribution < 1.29 is 4.74 Å². The second kappa shape index (κ2) is 6.60. The molecule has 0 heterocycles. The molecule has 0 saturated heterocycles. The molecule has 0 aliphatic heterocycles. The quantitative estimate of drug-likeness (QED) is 0.728. The van der Waals surface area contributed by atoms with E-state index in [1.165, 1.54) is 43.2 Å². The molecule has 20 heavy (non-hydrogen) atoms. The Morgan fingerprint density at radius 2 is 1.40 bits per heavy atom. The molecule has 0 spiro atoms. The van der Waals surface area contributed by atoms with E-state index < -0.39 is 0 Å². The van der Waals surface area contributed by atoms with E-state index in [4.69, 9.17) is 4.74 Å². The van der Waals surface area contributed by atoms with Crippen LogP contribution in [0.1, 0.15) is 32.1 Å². The molecule has 0 N–H and O–H groups in total. The predicted molar refractivity (Wildman–Crippen MR) is 83.9 cm³/mol. The molecule has 0 amide bonds. The Balaban J connectivity index is 1.58. The molecule has 0 radical (unpaired) electrons. The Kier molecular flexibility index (Phi) is 4.37. The monoisotopic (exact) mass is 266 g/mol. The van der Waals surface area contributed by atoms with Crippen LogP contribution in [0.25, 0.3) is 11.1 Å². The molecular weight excluding hydrogens is 244 g/mol. The number of ether oxygens (including phenoxy) is 1. The summed E-state index contributed by atoms with van der Waals surface area (Å²) in [5.74, 6) is 1.76. The predicted octanol–water partition coefficient (Wildman–Crippen LogP) is 5.31. The average molecular weight is 266 g/mol. The van der Waals surface area contributed by atoms with Gasteiger partial charge in [0.15, 0.2) is 0 Å². The number of hydrogen-bond acceptors (Lipinski definition) is 1. The smallest absolute Gasteiger partial charge is 0.119 e. The lowest BCUT2D eigenvalue weighted by atomic mass is 9.90. The fourth-order valence-corrected chi connectivity index (χ4v) is 2.94. The normalized spacial score (nSPS) is 16.0. The van der Waals surface area contributed by atoms with Gasteiger partial charge in [-0.3, -0.25) is 0 Å². The lowest BCUT2D eigenvalue weighted by Gasteiger charge is -2.21. The molecule has 1 saturated carbocycles. The fraction of sp³-hybridized carbons (Fsp3) is 0.368. The van der Waals surface area contributed by atoms with Crippen LogP contribution in [0.2, 0.25) is 0 Å². The number of benzene rings is 2. The van der Waals surface area contributed by atoms with Crippen LogP contribution in [-0.2, 0) is 0 Å². The molecule has 1 aliphatic carbocycles. The molecule has 1 aliphatic rings. The molecule has 0 atom stereocenters. The van der Waals surface area contributed by atoms with Crippen LogP contribution in [-0.4, -0.2) is 6.61 Å². The second-order valence-corrected chi connectivity index (χ2v) is 5.71. The van der Waals surface area contributed by atoms with Gasteiger partial charge in [-0.15, -0.1) is 0 Å². The van der Waals surface area contributed by atoms with Crippen molar-refractivity contribution in [3.63, 3.8) is 0 Å². The molecule has 2 aromatic carbocycles. The Morgan fingerprint density at radius 1 is 0.750 bits per heavy atom. The summed E-state index contributed by atoms with van der Waals surface area (Å²) in [6.07, 6.45) is 6.83. The molecule has 104 valence electrons. The third kappa shape index (κ3) is 3.41. The molecule has 2 aromatic rings. The highest BCUT2D eigenvalue weighted by atomic mass is 16.5. The van der Waals surface area contributed by atoms with E-state index in [-0.39, 0.29) is 0 Å². The first kappa shape index (κ1) is 13.2. The van der Waals surface area contributed by atoms with Gasteiger partial charge in [-0.25, -0.2) is 0 Å². The van der Waals surface area contributed by atoms with E-state index in [1.807, 2.05) is 6.07 Å². The summed E-state index contributed by atoms with van der Waals surface area (Å²) in [4.78, 5) is 0. The summed E-state index contributed by atoms with van der Waals surface area (Å²) in [5, 5.41) is 0. The first-order valence-corrected chi connectivity index (χ1v) is 7.70. The van der Waals surface area contributed by atoms with Crippen molar-refractivity contribution >= 4 is 0 Å². The van der Waals surface area contributed by atoms with Crippen LogP contribution in [0.15, 0.2) is 54.6 Å². The maximum Gasteiger partial charge on any atom is 0.119 e. The minimum Gasteiger partial charge on any atom is -0.493 e. The Morgan fingerprint density at radius 3 is 2.10 bits per heavy atom. The molecule has 1 nitrogen and oxygen atoms in total. The summed E-state index contributed by atoms with van der Waals surface area (Å²) in [5.41, 5.74) is 2.50. The van der Waals surface area contributed by atoms with Gasteiger partial charge in [0, 0.05) is 0 Å². The van der Waals surface area contributed by atoms with Crippen LogP contribution < -0.4 is 4.74 Å². The van der Waals surface area contributed by atoms with Crippen molar-refractivity contribution in [1.82, 2.24) is 0 Å². The van der Waals surface area contributed by atoms with E-state index in [0.29, 0.717) is 0 Å². The van der Waals surface area contributed by atoms with Gasteiger partial charge >= 0.3 is 0 Å². The molecule has 0 bridgehead atoms. The topological polar surface area (TPSA) is 9.23 Å². The lowest BCUT2D eigenvalue weighted by Crippen LogP contribution is -2.15. The van der Waals surface area contributed by atoms with Gasteiger partial charge in [-0.1, -0.05) is 61.7 Å². The summed E-state index contributed by atoms with van der Waals surface area (Å²) in [6, 6.07) is 18.9. The van der Waals surface area contributed by atoms with Gasteiger partial charge in [0.1, 0.15) is 5.75 Å². The zero-order chi connectivity index (χ0) is 13.6. The molecule has 0 unspecified atom stereocenters. The van der Waals surface area contributed by atoms with Gasteiger partial charge in [0.25, 0.3) is 0 Å². The first-order valence-electron chi connectivity index (χ1n) is 7.70. The van der Waals surface area contributed by atoms with Gasteiger partial charge < -0.3 is 4.74 Å². The van der Waals surface area contributed by atoms with Gasteiger partial charge in [0.2, 0.25) is 0 Å². The maximum atomic E-state index is 5.94. The second-order valence-electron chi connectivity index (χ2n) is 5.71. The van der Waals surface area contributed by atoms with Crippen LogP contribution >= 0.6 is 0 Å². The fourth-order valence-electron chi connectivity index (χ4n) is 2.94. The Hall–Kier alpha value is -1.76. The van der Waals surface area contributed by atoms with Crippen LogP contribution in [0.4, 0.5) is 0 Å². The molecule has 0 aromatic heterocycles. The average Bonchev–Trinajstić information content (AvgIpc) is 2.55. The van der Waals surface area contributed by atoms with Crippen LogP contribution in [0.3, 0.4) is 0 Å². The van der Waals surface area contributed by atoms with Gasteiger partial charge in [-0.2, -0.15) is 0 Å². The van der Waals surface area contributed by atoms with E-state index in [1.54, 1.807) is 0 Å². The molecule has 1 fully saturated rings. The molecule has 1 heteroatoms. The zero-order valence-electron chi connectivity index (χ0n) is 11.9.